The van der Waals surface area contributed by atoms with Crippen molar-refractivity contribution in [1.82, 2.24) is 9.80 Å². The van der Waals surface area contributed by atoms with E-state index in [9.17, 15) is 9.59 Å². The monoisotopic (exact) mass is 1270 g/mol. The van der Waals surface area contributed by atoms with Gasteiger partial charge in [-0.3, -0.25) is 9.59 Å². The molecule has 0 N–H and O–H groups in total. The van der Waals surface area contributed by atoms with Gasteiger partial charge < -0.3 is 9.80 Å². The molecule has 0 aliphatic carbocycles. The van der Waals surface area contributed by atoms with Gasteiger partial charge >= 0.3 is 0 Å². The summed E-state index contributed by atoms with van der Waals surface area (Å²) in [6.45, 7) is 10.6. The SMILES string of the molecule is CCCCCCCCCCCCC(CCCCCCCCCC)CCCCCCN1C(=O)C2=C(c3ccc(Br)s3)N(CCCCCCC(CCCCCCCCCC)CCCCCCCCCCCC)C(=O)C2=C1c1ccc(Br)s1. The van der Waals surface area contributed by atoms with E-state index in [2.05, 4.69) is 83.8 Å². The zero-order valence-corrected chi connectivity index (χ0v) is 57.3. The van der Waals surface area contributed by atoms with Crippen molar-refractivity contribution in [3.05, 3.63) is 52.7 Å². The van der Waals surface area contributed by atoms with Crippen molar-refractivity contribution in [2.75, 3.05) is 13.1 Å². The highest BCUT2D eigenvalue weighted by atomic mass is 79.9. The van der Waals surface area contributed by atoms with Gasteiger partial charge in [-0.15, -0.1) is 22.7 Å². The fourth-order valence-electron chi connectivity index (χ4n) is 13.2. The first-order valence-corrected chi connectivity index (χ1v) is 38.2. The Balaban J connectivity index is 1.31. The third kappa shape index (κ3) is 29.2. The highest BCUT2D eigenvalue weighted by molar-refractivity contribution is 9.11. The van der Waals surface area contributed by atoms with E-state index in [1.165, 1.54) is 295 Å². The van der Waals surface area contributed by atoms with Crippen LogP contribution in [0.15, 0.2) is 43.0 Å². The Morgan fingerprint density at radius 3 is 0.738 bits per heavy atom. The van der Waals surface area contributed by atoms with Gasteiger partial charge in [0.2, 0.25) is 0 Å². The Labute approximate surface area is 519 Å². The van der Waals surface area contributed by atoms with Crippen LogP contribution in [0.2, 0.25) is 0 Å². The Bertz CT molecular complexity index is 1800. The predicted molar refractivity (Wildman–Crippen MR) is 362 cm³/mol. The van der Waals surface area contributed by atoms with Gasteiger partial charge in [0.25, 0.3) is 11.8 Å². The Morgan fingerprint density at radius 2 is 0.525 bits per heavy atom. The summed E-state index contributed by atoms with van der Waals surface area (Å²) in [6.07, 6.45) is 68.1. The number of carbonyl (C=O) groups excluding carboxylic acids is 2. The number of hydrogen-bond acceptors (Lipinski definition) is 4. The first-order chi connectivity index (χ1) is 39.3. The first-order valence-electron chi connectivity index (χ1n) is 35.0. The van der Waals surface area contributed by atoms with Crippen molar-refractivity contribution in [2.24, 2.45) is 11.8 Å². The maximum Gasteiger partial charge on any atom is 0.261 e. The molecule has 4 heterocycles. The van der Waals surface area contributed by atoms with Crippen molar-refractivity contribution in [3.63, 3.8) is 0 Å². The van der Waals surface area contributed by atoms with E-state index in [0.29, 0.717) is 24.2 Å². The van der Waals surface area contributed by atoms with Gasteiger partial charge in [0.15, 0.2) is 0 Å². The van der Waals surface area contributed by atoms with Crippen molar-refractivity contribution in [3.8, 4) is 0 Å². The maximum atomic E-state index is 15.0. The molecule has 2 amide bonds. The summed E-state index contributed by atoms with van der Waals surface area (Å²) >= 11 is 10.8. The number of rotatable bonds is 56. The van der Waals surface area contributed by atoms with Gasteiger partial charge in [0.1, 0.15) is 0 Å². The molecular formula is C72H122Br2N2O2S2. The number of halogens is 2. The number of fused-ring (bicyclic) bond motifs is 1. The fraction of sp³-hybridized carbons (Fsp3) is 0.806. The van der Waals surface area contributed by atoms with Crippen LogP contribution in [-0.2, 0) is 9.59 Å². The molecule has 0 fully saturated rings. The van der Waals surface area contributed by atoms with E-state index in [1.807, 2.05) is 9.80 Å². The first kappa shape index (κ1) is 71.3. The number of amides is 2. The van der Waals surface area contributed by atoms with Crippen molar-refractivity contribution in [2.45, 2.75) is 349 Å². The molecule has 0 saturated heterocycles. The lowest BCUT2D eigenvalue weighted by molar-refractivity contribution is -0.124. The molecule has 0 spiro atoms. The van der Waals surface area contributed by atoms with Gasteiger partial charge in [-0.05, 0) is 80.8 Å². The highest BCUT2D eigenvalue weighted by Gasteiger charge is 2.49. The number of carbonyl (C=O) groups is 2. The van der Waals surface area contributed by atoms with E-state index in [0.717, 1.165) is 66.2 Å². The normalized spacial score (nSPS) is 14.5. The molecule has 2 aromatic heterocycles. The van der Waals surface area contributed by atoms with E-state index in [-0.39, 0.29) is 11.8 Å². The second kappa shape index (κ2) is 47.0. The number of hydrogen-bond donors (Lipinski definition) is 0. The summed E-state index contributed by atoms with van der Waals surface area (Å²) in [5.41, 5.74) is 2.95. The molecule has 80 heavy (non-hydrogen) atoms. The van der Waals surface area contributed by atoms with Crippen LogP contribution in [0.3, 0.4) is 0 Å². The second-order valence-electron chi connectivity index (χ2n) is 25.2. The molecule has 0 radical (unpaired) electrons. The summed E-state index contributed by atoms with van der Waals surface area (Å²) in [5.74, 6) is 1.75. The standard InChI is InChI=1S/C72H122Br2N2O2S2/c1-5-9-13-17-21-25-27-31-35-43-51-61(49-41-33-29-23-19-15-11-7-3)53-45-37-39-47-59-75-69(63-55-57-65(73)79-63)67-68(71(75)77)70(64-56-58-66(74)80-64)76(72(67)78)60-48-40-38-46-54-62(50-42-34-30-24-20-16-12-8-4)52-44-36-32-28-26-22-18-14-10-6-2/h55-58,61-62H,5-54,59-60H2,1-4H3. The molecule has 4 nitrogen and oxygen atoms in total. The predicted octanol–water partition coefficient (Wildman–Crippen LogP) is 26.0. The lowest BCUT2D eigenvalue weighted by Gasteiger charge is -2.24. The van der Waals surface area contributed by atoms with Gasteiger partial charge in [0.05, 0.1) is 39.9 Å². The Morgan fingerprint density at radius 1 is 0.312 bits per heavy atom. The lowest BCUT2D eigenvalue weighted by Crippen LogP contribution is -2.30. The topological polar surface area (TPSA) is 40.6 Å². The average molecular weight is 1270 g/mol. The molecule has 0 bridgehead atoms. The van der Waals surface area contributed by atoms with Crippen LogP contribution in [0.1, 0.15) is 358 Å². The molecule has 2 unspecified atom stereocenters. The molecule has 458 valence electrons. The molecule has 2 aliphatic heterocycles. The fourth-order valence-corrected chi connectivity index (χ4v) is 16.1. The number of unbranched alkanes of at least 4 members (excludes halogenated alkanes) is 38. The van der Waals surface area contributed by atoms with Crippen LogP contribution in [0.5, 0.6) is 0 Å². The molecule has 2 atom stereocenters. The second-order valence-corrected chi connectivity index (χ2v) is 30.1. The van der Waals surface area contributed by atoms with Crippen molar-refractivity contribution < 1.29 is 9.59 Å². The number of nitrogens with zero attached hydrogens (tertiary/aromatic N) is 2. The lowest BCUT2D eigenvalue weighted by atomic mass is 9.89. The highest BCUT2D eigenvalue weighted by Crippen LogP contribution is 2.49. The zero-order valence-electron chi connectivity index (χ0n) is 52.5. The summed E-state index contributed by atoms with van der Waals surface area (Å²) in [7, 11) is 0. The average Bonchev–Trinajstić information content (AvgIpc) is 4.31. The molecule has 0 aromatic carbocycles. The smallest absolute Gasteiger partial charge is 0.261 e. The molecule has 2 aliphatic rings. The molecule has 4 rings (SSSR count). The van der Waals surface area contributed by atoms with E-state index in [4.69, 9.17) is 0 Å². The van der Waals surface area contributed by atoms with Gasteiger partial charge in [0, 0.05) is 13.1 Å². The molecule has 0 saturated carbocycles. The van der Waals surface area contributed by atoms with Crippen LogP contribution in [0.4, 0.5) is 0 Å². The molecular weight excluding hydrogens is 1150 g/mol. The third-order valence-electron chi connectivity index (χ3n) is 18.1. The summed E-state index contributed by atoms with van der Waals surface area (Å²) in [4.78, 5) is 36.0. The van der Waals surface area contributed by atoms with Crippen LogP contribution in [0.25, 0.3) is 11.4 Å². The minimum atomic E-state index is 0.0155. The summed E-state index contributed by atoms with van der Waals surface area (Å²) < 4.78 is 2.05. The summed E-state index contributed by atoms with van der Waals surface area (Å²) in [5, 5.41) is 0. The van der Waals surface area contributed by atoms with E-state index < -0.39 is 0 Å². The maximum absolute atomic E-state index is 15.0. The molecule has 2 aromatic rings. The van der Waals surface area contributed by atoms with Gasteiger partial charge in [-0.25, -0.2) is 0 Å². The Kier molecular flexibility index (Phi) is 41.9. The largest absolute Gasteiger partial charge is 0.306 e. The van der Waals surface area contributed by atoms with Crippen molar-refractivity contribution >= 4 is 77.7 Å². The van der Waals surface area contributed by atoms with Crippen molar-refractivity contribution in [1.29, 1.82) is 0 Å². The van der Waals surface area contributed by atoms with E-state index in [1.54, 1.807) is 22.7 Å². The minimum absolute atomic E-state index is 0.0155. The Hall–Kier alpha value is -1.22. The minimum Gasteiger partial charge on any atom is -0.306 e. The van der Waals surface area contributed by atoms with Crippen LogP contribution in [0, 0.1) is 11.8 Å². The van der Waals surface area contributed by atoms with Crippen LogP contribution < -0.4 is 0 Å². The van der Waals surface area contributed by atoms with Gasteiger partial charge in [-0.2, -0.15) is 0 Å². The van der Waals surface area contributed by atoms with Crippen LogP contribution in [-0.4, -0.2) is 34.7 Å². The third-order valence-corrected chi connectivity index (χ3v) is 21.4. The quantitative estimate of drug-likeness (QED) is 0.0619. The van der Waals surface area contributed by atoms with Crippen LogP contribution >= 0.6 is 54.5 Å². The molecule has 8 heteroatoms. The zero-order chi connectivity index (χ0) is 57.1. The summed E-state index contributed by atoms with van der Waals surface area (Å²) in [6, 6.07) is 8.36. The van der Waals surface area contributed by atoms with Gasteiger partial charge in [-0.1, -0.05) is 336 Å². The number of thiophene rings is 2. The van der Waals surface area contributed by atoms with E-state index >= 15 is 0 Å².